The first-order valence-corrected chi connectivity index (χ1v) is 7.22. The zero-order chi connectivity index (χ0) is 17.0. The molecule has 3 amide bonds. The second-order valence-electron chi connectivity index (χ2n) is 5.30. The van der Waals surface area contributed by atoms with Crippen molar-refractivity contribution in [2.24, 2.45) is 5.73 Å². The van der Waals surface area contributed by atoms with E-state index in [4.69, 9.17) is 11.0 Å². The molecule has 1 aliphatic rings. The predicted molar refractivity (Wildman–Crippen MR) is 82.1 cm³/mol. The van der Waals surface area contributed by atoms with Gasteiger partial charge in [-0.1, -0.05) is 6.07 Å². The second-order valence-corrected chi connectivity index (χ2v) is 5.30. The van der Waals surface area contributed by atoms with E-state index < -0.39 is 23.8 Å². The number of carbonyl (C=O) groups excluding carboxylic acids is 2. The van der Waals surface area contributed by atoms with Crippen molar-refractivity contribution in [3.8, 4) is 6.07 Å². The summed E-state index contributed by atoms with van der Waals surface area (Å²) in [6.45, 7) is 3.89. The lowest BCUT2D eigenvalue weighted by Gasteiger charge is -2.38. The van der Waals surface area contributed by atoms with Crippen molar-refractivity contribution in [2.45, 2.75) is 13.0 Å². The first-order chi connectivity index (χ1) is 10.9. The number of nitrogens with one attached hydrogen (secondary N) is 1. The summed E-state index contributed by atoms with van der Waals surface area (Å²) in [6, 6.07) is 5.06. The molecule has 0 saturated carbocycles. The number of nitrogens with two attached hydrogens (primary N) is 1. The molecule has 0 radical (unpaired) electrons. The van der Waals surface area contributed by atoms with E-state index in [0.29, 0.717) is 31.9 Å². The molecule has 0 spiro atoms. The third-order valence-electron chi connectivity index (χ3n) is 3.93. The molecule has 7 nitrogen and oxygen atoms in total. The summed E-state index contributed by atoms with van der Waals surface area (Å²) in [4.78, 5) is 26.3. The van der Waals surface area contributed by atoms with Crippen LogP contribution in [0.5, 0.6) is 0 Å². The normalized spacial score (nSPS) is 16.5. The Morgan fingerprint density at radius 3 is 2.57 bits per heavy atom. The van der Waals surface area contributed by atoms with Gasteiger partial charge >= 0.3 is 6.03 Å². The molecule has 0 aromatic heterocycles. The minimum atomic E-state index is -0.876. The summed E-state index contributed by atoms with van der Waals surface area (Å²) in [5.74, 6) is -0.990. The van der Waals surface area contributed by atoms with Crippen molar-refractivity contribution in [3.63, 3.8) is 0 Å². The lowest BCUT2D eigenvalue weighted by Crippen LogP contribution is -2.55. The Labute approximate surface area is 133 Å². The number of nitriles is 1. The van der Waals surface area contributed by atoms with E-state index in [1.807, 2.05) is 15.9 Å². The Kier molecular flexibility index (Phi) is 5.13. The molecule has 1 fully saturated rings. The number of carbonyl (C=O) groups is 2. The molecular formula is C15H18FN5O2. The smallest absolute Gasteiger partial charge is 0.318 e. The Hall–Kier alpha value is -2.66. The molecule has 1 aliphatic heterocycles. The fraction of sp³-hybridized carbons (Fsp3) is 0.400. The van der Waals surface area contributed by atoms with Crippen LogP contribution in [0.25, 0.3) is 0 Å². The number of benzene rings is 1. The Balaban J connectivity index is 2.02. The van der Waals surface area contributed by atoms with Crippen molar-refractivity contribution in [1.29, 1.82) is 5.26 Å². The van der Waals surface area contributed by atoms with E-state index >= 15 is 0 Å². The van der Waals surface area contributed by atoms with Gasteiger partial charge in [0.15, 0.2) is 0 Å². The minimum absolute atomic E-state index is 0.0282. The van der Waals surface area contributed by atoms with Crippen molar-refractivity contribution in [3.05, 3.63) is 29.6 Å². The van der Waals surface area contributed by atoms with Gasteiger partial charge in [0, 0.05) is 26.2 Å². The number of anilines is 1. The first kappa shape index (κ1) is 16.7. The molecule has 0 bridgehead atoms. The van der Waals surface area contributed by atoms with Gasteiger partial charge in [-0.2, -0.15) is 5.26 Å². The molecule has 1 saturated heterocycles. The summed E-state index contributed by atoms with van der Waals surface area (Å²) in [5.41, 5.74) is 5.53. The minimum Gasteiger partial charge on any atom is -0.368 e. The number of hydrogen-bond acceptors (Lipinski definition) is 5. The molecule has 0 unspecified atom stereocenters. The summed E-state index contributed by atoms with van der Waals surface area (Å²) >= 11 is 0. The van der Waals surface area contributed by atoms with E-state index in [-0.39, 0.29) is 5.56 Å². The number of nitrogens with zero attached hydrogens (tertiary/aromatic N) is 3. The summed E-state index contributed by atoms with van der Waals surface area (Å²) in [6.07, 6.45) is 0. The van der Waals surface area contributed by atoms with Crippen LogP contribution < -0.4 is 16.0 Å². The van der Waals surface area contributed by atoms with Crippen LogP contribution in [-0.4, -0.2) is 49.1 Å². The van der Waals surface area contributed by atoms with Crippen LogP contribution in [0, 0.1) is 17.1 Å². The average molecular weight is 319 g/mol. The molecule has 3 N–H and O–H groups in total. The molecule has 8 heteroatoms. The van der Waals surface area contributed by atoms with E-state index in [2.05, 4.69) is 5.32 Å². The Bertz CT molecular complexity index is 650. The highest BCUT2D eigenvalue weighted by Gasteiger charge is 2.27. The number of amides is 3. The average Bonchev–Trinajstić information content (AvgIpc) is 2.53. The molecule has 23 heavy (non-hydrogen) atoms. The van der Waals surface area contributed by atoms with Gasteiger partial charge in [-0.25, -0.2) is 9.18 Å². The number of urea groups is 1. The number of primary amides is 1. The van der Waals surface area contributed by atoms with Crippen LogP contribution in [0.1, 0.15) is 12.5 Å². The summed E-state index contributed by atoms with van der Waals surface area (Å²) < 4.78 is 13.7. The lowest BCUT2D eigenvalue weighted by atomic mass is 10.1. The molecule has 1 aromatic carbocycles. The zero-order valence-electron chi connectivity index (χ0n) is 12.8. The maximum atomic E-state index is 13.7. The lowest BCUT2D eigenvalue weighted by molar-refractivity contribution is -0.124. The molecule has 122 valence electrons. The van der Waals surface area contributed by atoms with Crippen LogP contribution >= 0.6 is 0 Å². The molecular weight excluding hydrogens is 301 g/mol. The zero-order valence-corrected chi connectivity index (χ0v) is 12.8. The highest BCUT2D eigenvalue weighted by molar-refractivity contribution is 5.96. The molecule has 1 aromatic rings. The van der Waals surface area contributed by atoms with Crippen LogP contribution in [0.15, 0.2) is 18.2 Å². The molecule has 2 rings (SSSR count). The van der Waals surface area contributed by atoms with Crippen molar-refractivity contribution in [2.75, 3.05) is 31.1 Å². The largest absolute Gasteiger partial charge is 0.368 e. The van der Waals surface area contributed by atoms with Gasteiger partial charge in [0.1, 0.15) is 17.4 Å². The van der Waals surface area contributed by atoms with Crippen LogP contribution in [0.2, 0.25) is 0 Å². The number of hydrogen-bond donors (Lipinski definition) is 2. The van der Waals surface area contributed by atoms with Gasteiger partial charge in [-0.15, -0.1) is 0 Å². The van der Waals surface area contributed by atoms with E-state index in [9.17, 15) is 14.0 Å². The fourth-order valence-corrected chi connectivity index (χ4v) is 2.63. The Morgan fingerprint density at radius 2 is 2.00 bits per heavy atom. The van der Waals surface area contributed by atoms with E-state index in [0.717, 1.165) is 0 Å². The maximum absolute atomic E-state index is 13.7. The summed E-state index contributed by atoms with van der Waals surface area (Å²) in [7, 11) is 0. The van der Waals surface area contributed by atoms with Gasteiger partial charge in [0.05, 0.1) is 11.7 Å². The van der Waals surface area contributed by atoms with E-state index in [1.54, 1.807) is 19.1 Å². The standard InChI is InChI=1S/C15H18FN5O2/c1-10(14(22)19-15(18)23)20-5-7-21(8-6-20)13-4-2-3-12(16)11(13)9-17/h2-4,10H,5-8H2,1H3,(H3,18,19,22,23)/t10-/m0/s1. The highest BCUT2D eigenvalue weighted by atomic mass is 19.1. The van der Waals surface area contributed by atoms with E-state index in [1.165, 1.54) is 6.07 Å². The van der Waals surface area contributed by atoms with Crippen LogP contribution in [-0.2, 0) is 4.79 Å². The van der Waals surface area contributed by atoms with Gasteiger partial charge in [0.25, 0.3) is 0 Å². The van der Waals surface area contributed by atoms with Gasteiger partial charge in [0.2, 0.25) is 5.91 Å². The van der Waals surface area contributed by atoms with Crippen LogP contribution in [0.3, 0.4) is 0 Å². The first-order valence-electron chi connectivity index (χ1n) is 7.22. The van der Waals surface area contributed by atoms with Gasteiger partial charge < -0.3 is 10.6 Å². The third kappa shape index (κ3) is 3.76. The number of piperazine rings is 1. The molecule has 1 atom stereocenters. The van der Waals surface area contributed by atoms with Crippen molar-refractivity contribution in [1.82, 2.24) is 10.2 Å². The second kappa shape index (κ2) is 7.07. The monoisotopic (exact) mass is 319 g/mol. The van der Waals surface area contributed by atoms with Crippen molar-refractivity contribution >= 4 is 17.6 Å². The number of rotatable bonds is 3. The van der Waals surface area contributed by atoms with Crippen molar-refractivity contribution < 1.29 is 14.0 Å². The summed E-state index contributed by atoms with van der Waals surface area (Å²) in [5, 5.41) is 11.2. The Morgan fingerprint density at radius 1 is 1.35 bits per heavy atom. The quantitative estimate of drug-likeness (QED) is 0.839. The number of halogens is 1. The van der Waals surface area contributed by atoms with Crippen LogP contribution in [0.4, 0.5) is 14.9 Å². The fourth-order valence-electron chi connectivity index (χ4n) is 2.63. The number of imide groups is 1. The predicted octanol–water partition coefficient (Wildman–Crippen LogP) is 0.403. The van der Waals surface area contributed by atoms with Gasteiger partial charge in [-0.3, -0.25) is 15.0 Å². The third-order valence-corrected chi connectivity index (χ3v) is 3.93. The highest BCUT2D eigenvalue weighted by Crippen LogP contribution is 2.24. The topological polar surface area (TPSA) is 102 Å². The SMILES string of the molecule is C[C@@H](C(=O)NC(N)=O)N1CCN(c2cccc(F)c2C#N)CC1. The molecule has 1 heterocycles. The van der Waals surface area contributed by atoms with Gasteiger partial charge in [-0.05, 0) is 19.1 Å². The molecule has 0 aliphatic carbocycles. The maximum Gasteiger partial charge on any atom is 0.318 e.